The fourth-order valence-electron chi connectivity index (χ4n) is 1.54. The molecule has 0 N–H and O–H groups in total. The zero-order valence-electron chi connectivity index (χ0n) is 7.91. The van der Waals surface area contributed by atoms with Crippen LogP contribution in [-0.4, -0.2) is 12.8 Å². The first-order valence-corrected chi connectivity index (χ1v) is 5.34. The molecule has 1 aliphatic heterocycles. The van der Waals surface area contributed by atoms with E-state index in [1.807, 2.05) is 17.2 Å². The average Bonchev–Trinajstić information content (AvgIpc) is 2.70. The molecule has 4 heteroatoms. The first-order chi connectivity index (χ1) is 7.20. The third-order valence-corrected chi connectivity index (χ3v) is 3.09. The Morgan fingerprint density at radius 2 is 2.07 bits per heavy atom. The molecule has 1 aromatic rings. The fraction of sp³-hybridized carbons (Fsp3) is 0.182. The molecule has 2 rings (SSSR count). The van der Waals surface area contributed by atoms with Crippen molar-refractivity contribution in [3.05, 3.63) is 40.0 Å². The second kappa shape index (κ2) is 4.25. The predicted octanol–water partition coefficient (Wildman–Crippen LogP) is 3.29. The molecule has 0 bridgehead atoms. The van der Waals surface area contributed by atoms with Gasteiger partial charge in [-0.1, -0.05) is 23.2 Å². The van der Waals surface area contributed by atoms with Gasteiger partial charge in [0.1, 0.15) is 6.29 Å². The number of benzene rings is 1. The summed E-state index contributed by atoms with van der Waals surface area (Å²) in [4.78, 5) is 12.6. The third-order valence-electron chi connectivity index (χ3n) is 2.35. The van der Waals surface area contributed by atoms with Gasteiger partial charge in [0.25, 0.3) is 0 Å². The number of hydrogen-bond acceptors (Lipinski definition) is 2. The quantitative estimate of drug-likeness (QED) is 0.741. The standard InChI is InChI=1S/C11H9Cl2NO/c12-10-2-1-9(5-11(10)13)14-4-3-8(6-14)7-15/h1-2,5-7H,3-4H2. The SMILES string of the molecule is O=CC1=CN(c2ccc(Cl)c(Cl)c2)CC1. The second-order valence-corrected chi connectivity index (χ2v) is 4.18. The van der Waals surface area contributed by atoms with Crippen LogP contribution < -0.4 is 4.90 Å². The molecule has 1 aliphatic rings. The molecule has 0 radical (unpaired) electrons. The Morgan fingerprint density at radius 3 is 2.67 bits per heavy atom. The summed E-state index contributed by atoms with van der Waals surface area (Å²) in [5.41, 5.74) is 1.77. The van der Waals surface area contributed by atoms with Crippen LogP contribution in [0, 0.1) is 0 Å². The van der Waals surface area contributed by atoms with Crippen molar-refractivity contribution in [2.45, 2.75) is 6.42 Å². The van der Waals surface area contributed by atoms with Crippen LogP contribution in [0.4, 0.5) is 5.69 Å². The van der Waals surface area contributed by atoms with Gasteiger partial charge >= 0.3 is 0 Å². The summed E-state index contributed by atoms with van der Waals surface area (Å²) in [5.74, 6) is 0. The van der Waals surface area contributed by atoms with Crippen LogP contribution in [0.3, 0.4) is 0 Å². The maximum atomic E-state index is 10.6. The largest absolute Gasteiger partial charge is 0.347 e. The Labute approximate surface area is 98.1 Å². The number of rotatable bonds is 2. The first kappa shape index (κ1) is 10.5. The highest BCUT2D eigenvalue weighted by Gasteiger charge is 2.13. The Balaban J connectivity index is 2.28. The van der Waals surface area contributed by atoms with Crippen molar-refractivity contribution in [2.24, 2.45) is 0 Å². The molecule has 2 nitrogen and oxygen atoms in total. The molecular weight excluding hydrogens is 233 g/mol. The van der Waals surface area contributed by atoms with Gasteiger partial charge in [0.05, 0.1) is 10.0 Å². The summed E-state index contributed by atoms with van der Waals surface area (Å²) >= 11 is 11.7. The van der Waals surface area contributed by atoms with E-state index in [0.717, 1.165) is 30.5 Å². The molecular formula is C11H9Cl2NO. The van der Waals surface area contributed by atoms with Crippen LogP contribution in [0.2, 0.25) is 10.0 Å². The molecule has 0 saturated heterocycles. The Bertz CT molecular complexity index is 429. The monoisotopic (exact) mass is 241 g/mol. The minimum absolute atomic E-state index is 0.530. The first-order valence-electron chi connectivity index (χ1n) is 4.58. The van der Waals surface area contributed by atoms with E-state index >= 15 is 0 Å². The van der Waals surface area contributed by atoms with E-state index in [9.17, 15) is 4.79 Å². The summed E-state index contributed by atoms with van der Waals surface area (Å²) in [6.45, 7) is 0.812. The molecule has 0 fully saturated rings. The van der Waals surface area contributed by atoms with Crippen molar-refractivity contribution in [3.8, 4) is 0 Å². The second-order valence-electron chi connectivity index (χ2n) is 3.36. The van der Waals surface area contributed by atoms with Gasteiger partial charge in [-0.05, 0) is 24.6 Å². The highest BCUT2D eigenvalue weighted by atomic mass is 35.5. The summed E-state index contributed by atoms with van der Waals surface area (Å²) in [6.07, 6.45) is 3.51. The van der Waals surface area contributed by atoms with E-state index in [0.29, 0.717) is 10.0 Å². The van der Waals surface area contributed by atoms with Gasteiger partial charge in [-0.2, -0.15) is 0 Å². The van der Waals surface area contributed by atoms with Gasteiger partial charge in [0.15, 0.2) is 0 Å². The number of carbonyl (C=O) groups excluding carboxylic acids is 1. The van der Waals surface area contributed by atoms with E-state index < -0.39 is 0 Å². The van der Waals surface area contributed by atoms with Gasteiger partial charge in [-0.15, -0.1) is 0 Å². The van der Waals surface area contributed by atoms with Crippen molar-refractivity contribution in [2.75, 3.05) is 11.4 Å². The lowest BCUT2D eigenvalue weighted by Gasteiger charge is -2.15. The number of halogens is 2. The molecule has 0 aliphatic carbocycles. The van der Waals surface area contributed by atoms with Crippen molar-refractivity contribution in [3.63, 3.8) is 0 Å². The predicted molar refractivity (Wildman–Crippen MR) is 62.6 cm³/mol. The highest BCUT2D eigenvalue weighted by molar-refractivity contribution is 6.42. The molecule has 0 saturated carbocycles. The van der Waals surface area contributed by atoms with Gasteiger partial charge in [0, 0.05) is 24.0 Å². The normalized spacial score (nSPS) is 15.3. The molecule has 0 unspecified atom stereocenters. The van der Waals surface area contributed by atoms with Crippen LogP contribution in [-0.2, 0) is 4.79 Å². The lowest BCUT2D eigenvalue weighted by atomic mass is 10.3. The van der Waals surface area contributed by atoms with Crippen LogP contribution >= 0.6 is 23.2 Å². The van der Waals surface area contributed by atoms with Crippen molar-refractivity contribution >= 4 is 35.2 Å². The summed E-state index contributed by atoms with van der Waals surface area (Å²) in [6, 6.07) is 5.44. The molecule has 1 heterocycles. The smallest absolute Gasteiger partial charge is 0.147 e. The zero-order valence-corrected chi connectivity index (χ0v) is 9.42. The Hall–Kier alpha value is -0.990. The van der Waals surface area contributed by atoms with E-state index in [1.54, 1.807) is 12.1 Å². The molecule has 0 amide bonds. The minimum Gasteiger partial charge on any atom is -0.347 e. The van der Waals surface area contributed by atoms with E-state index in [-0.39, 0.29) is 0 Å². The van der Waals surface area contributed by atoms with E-state index in [2.05, 4.69) is 0 Å². The summed E-state index contributed by atoms with van der Waals surface area (Å²) in [7, 11) is 0. The van der Waals surface area contributed by atoms with Gasteiger partial charge in [-0.25, -0.2) is 0 Å². The van der Waals surface area contributed by atoms with Gasteiger partial charge < -0.3 is 4.90 Å². The van der Waals surface area contributed by atoms with Crippen LogP contribution in [0.15, 0.2) is 30.0 Å². The van der Waals surface area contributed by atoms with Crippen molar-refractivity contribution in [1.82, 2.24) is 0 Å². The maximum Gasteiger partial charge on any atom is 0.147 e. The molecule has 0 spiro atoms. The molecule has 0 atom stereocenters. The third kappa shape index (κ3) is 2.16. The van der Waals surface area contributed by atoms with E-state index in [4.69, 9.17) is 23.2 Å². The number of aldehydes is 1. The molecule has 1 aromatic carbocycles. The van der Waals surface area contributed by atoms with Gasteiger partial charge in [0.2, 0.25) is 0 Å². The molecule has 0 aromatic heterocycles. The maximum absolute atomic E-state index is 10.6. The van der Waals surface area contributed by atoms with Crippen molar-refractivity contribution in [1.29, 1.82) is 0 Å². The van der Waals surface area contributed by atoms with Crippen LogP contribution in [0.5, 0.6) is 0 Å². The van der Waals surface area contributed by atoms with Crippen LogP contribution in [0.1, 0.15) is 6.42 Å². The molecule has 78 valence electrons. The minimum atomic E-state index is 0.530. The summed E-state index contributed by atoms with van der Waals surface area (Å²) < 4.78 is 0. The number of anilines is 1. The fourth-order valence-corrected chi connectivity index (χ4v) is 1.83. The Kier molecular flexibility index (Phi) is 2.98. The number of carbonyl (C=O) groups is 1. The average molecular weight is 242 g/mol. The molecule has 15 heavy (non-hydrogen) atoms. The highest BCUT2D eigenvalue weighted by Crippen LogP contribution is 2.29. The Morgan fingerprint density at radius 1 is 1.27 bits per heavy atom. The number of nitrogens with zero attached hydrogens (tertiary/aromatic N) is 1. The lowest BCUT2D eigenvalue weighted by molar-refractivity contribution is -0.105. The summed E-state index contributed by atoms with van der Waals surface area (Å²) in [5, 5.41) is 1.07. The van der Waals surface area contributed by atoms with Crippen molar-refractivity contribution < 1.29 is 4.79 Å². The topological polar surface area (TPSA) is 20.3 Å². The van der Waals surface area contributed by atoms with Gasteiger partial charge in [-0.3, -0.25) is 4.79 Å². The van der Waals surface area contributed by atoms with E-state index in [1.165, 1.54) is 0 Å². The van der Waals surface area contributed by atoms with Crippen LogP contribution in [0.25, 0.3) is 0 Å². The zero-order chi connectivity index (χ0) is 10.8. The number of hydrogen-bond donors (Lipinski definition) is 0. The lowest BCUT2D eigenvalue weighted by Crippen LogP contribution is -2.11.